The van der Waals surface area contributed by atoms with E-state index >= 15 is 0 Å². The van der Waals surface area contributed by atoms with Crippen LogP contribution in [0.25, 0.3) is 10.2 Å². The Morgan fingerprint density at radius 2 is 2.04 bits per heavy atom. The second-order valence-electron chi connectivity index (χ2n) is 6.66. The van der Waals surface area contributed by atoms with Gasteiger partial charge < -0.3 is 10.6 Å². The first-order valence-electron chi connectivity index (χ1n) is 8.09. The third-order valence-electron chi connectivity index (χ3n) is 4.31. The van der Waals surface area contributed by atoms with Gasteiger partial charge in [-0.1, -0.05) is 25.4 Å². The van der Waals surface area contributed by atoms with Crippen molar-refractivity contribution >= 4 is 39.2 Å². The molecule has 0 spiro atoms. The van der Waals surface area contributed by atoms with Gasteiger partial charge in [0.25, 0.3) is 0 Å². The van der Waals surface area contributed by atoms with Gasteiger partial charge in [-0.05, 0) is 49.3 Å². The first-order chi connectivity index (χ1) is 11.0. The fourth-order valence-corrected chi connectivity index (χ4v) is 4.53. The Morgan fingerprint density at radius 1 is 1.30 bits per heavy atom. The predicted octanol–water partition coefficient (Wildman–Crippen LogP) is 4.57. The number of benzene rings is 1. The zero-order valence-corrected chi connectivity index (χ0v) is 15.0. The lowest BCUT2D eigenvalue weighted by atomic mass is 9.80. The number of fused-ring (bicyclic) bond motifs is 1. The standard InChI is InChI=1S/C17H22ClN3OS/c1-10-5-11(2)7-13(6-10)20-17(22)19-9-16-21-14-8-12(18)3-4-15(14)23-16/h3-4,8,10-11,13H,5-7,9H2,1-2H3,(H2,19,20,22). The Balaban J connectivity index is 1.53. The first-order valence-corrected chi connectivity index (χ1v) is 9.28. The molecule has 1 aliphatic carbocycles. The summed E-state index contributed by atoms with van der Waals surface area (Å²) in [6.07, 6.45) is 3.39. The molecule has 2 unspecified atom stereocenters. The van der Waals surface area contributed by atoms with Crippen molar-refractivity contribution in [3.05, 3.63) is 28.2 Å². The molecular weight excluding hydrogens is 330 g/mol. The van der Waals surface area contributed by atoms with Crippen molar-refractivity contribution in [3.63, 3.8) is 0 Å². The third kappa shape index (κ3) is 4.36. The van der Waals surface area contributed by atoms with Crippen molar-refractivity contribution in [2.75, 3.05) is 0 Å². The van der Waals surface area contributed by atoms with E-state index in [1.807, 2.05) is 18.2 Å². The molecule has 23 heavy (non-hydrogen) atoms. The zero-order valence-electron chi connectivity index (χ0n) is 13.4. The van der Waals surface area contributed by atoms with Crippen LogP contribution in [-0.2, 0) is 6.54 Å². The molecule has 1 aromatic heterocycles. The molecular formula is C17H22ClN3OS. The number of amides is 2. The number of nitrogens with zero attached hydrogens (tertiary/aromatic N) is 1. The van der Waals surface area contributed by atoms with E-state index in [2.05, 4.69) is 29.5 Å². The summed E-state index contributed by atoms with van der Waals surface area (Å²) in [5, 5.41) is 7.59. The maximum atomic E-state index is 12.1. The van der Waals surface area contributed by atoms with E-state index in [1.165, 1.54) is 6.42 Å². The molecule has 1 heterocycles. The largest absolute Gasteiger partial charge is 0.335 e. The SMILES string of the molecule is CC1CC(C)CC(NC(=O)NCc2nc3cc(Cl)ccc3s2)C1. The molecule has 2 aromatic rings. The van der Waals surface area contributed by atoms with Gasteiger partial charge in [-0.25, -0.2) is 9.78 Å². The van der Waals surface area contributed by atoms with Crippen LogP contribution < -0.4 is 10.6 Å². The highest BCUT2D eigenvalue weighted by molar-refractivity contribution is 7.18. The van der Waals surface area contributed by atoms with Crippen molar-refractivity contribution in [2.24, 2.45) is 11.8 Å². The Labute approximate surface area is 145 Å². The van der Waals surface area contributed by atoms with Crippen molar-refractivity contribution in [2.45, 2.75) is 45.7 Å². The molecule has 1 saturated carbocycles. The number of carbonyl (C=O) groups excluding carboxylic acids is 1. The summed E-state index contributed by atoms with van der Waals surface area (Å²) in [7, 11) is 0. The minimum absolute atomic E-state index is 0.103. The lowest BCUT2D eigenvalue weighted by molar-refractivity contribution is 0.213. The summed E-state index contributed by atoms with van der Waals surface area (Å²) in [6.45, 7) is 4.96. The number of thiazole rings is 1. The van der Waals surface area contributed by atoms with Gasteiger partial charge in [-0.3, -0.25) is 0 Å². The molecule has 2 atom stereocenters. The zero-order chi connectivity index (χ0) is 16.4. The van der Waals surface area contributed by atoms with Crippen molar-refractivity contribution in [1.29, 1.82) is 0 Å². The molecule has 2 N–H and O–H groups in total. The van der Waals surface area contributed by atoms with E-state index in [0.717, 1.165) is 28.1 Å². The average molecular weight is 352 g/mol. The molecule has 0 saturated heterocycles. The molecule has 1 aromatic carbocycles. The van der Waals surface area contributed by atoms with E-state index in [0.29, 0.717) is 23.4 Å². The van der Waals surface area contributed by atoms with Crippen molar-refractivity contribution < 1.29 is 4.79 Å². The van der Waals surface area contributed by atoms with Gasteiger partial charge in [0.15, 0.2) is 0 Å². The van der Waals surface area contributed by atoms with Crippen LogP contribution in [0.3, 0.4) is 0 Å². The number of hydrogen-bond acceptors (Lipinski definition) is 3. The molecule has 124 valence electrons. The van der Waals surface area contributed by atoms with Crippen LogP contribution in [0.15, 0.2) is 18.2 Å². The van der Waals surface area contributed by atoms with Crippen LogP contribution in [0.1, 0.15) is 38.1 Å². The number of halogens is 1. The van der Waals surface area contributed by atoms with Crippen molar-refractivity contribution in [1.82, 2.24) is 15.6 Å². The summed E-state index contributed by atoms with van der Waals surface area (Å²) in [5.41, 5.74) is 0.884. The summed E-state index contributed by atoms with van der Waals surface area (Å²) in [4.78, 5) is 16.6. The number of nitrogens with one attached hydrogen (secondary N) is 2. The number of rotatable bonds is 3. The van der Waals surface area contributed by atoms with E-state index in [1.54, 1.807) is 11.3 Å². The minimum Gasteiger partial charge on any atom is -0.335 e. The maximum Gasteiger partial charge on any atom is 0.315 e. The fraction of sp³-hybridized carbons (Fsp3) is 0.529. The van der Waals surface area contributed by atoms with Gasteiger partial charge in [-0.2, -0.15) is 0 Å². The number of urea groups is 1. The van der Waals surface area contributed by atoms with Gasteiger partial charge in [-0.15, -0.1) is 11.3 Å². The monoisotopic (exact) mass is 351 g/mol. The van der Waals surface area contributed by atoms with Crippen molar-refractivity contribution in [3.8, 4) is 0 Å². The number of carbonyl (C=O) groups is 1. The highest BCUT2D eigenvalue weighted by atomic mass is 35.5. The number of aromatic nitrogens is 1. The van der Waals surface area contributed by atoms with E-state index in [-0.39, 0.29) is 12.1 Å². The Bertz CT molecular complexity index is 692. The van der Waals surface area contributed by atoms with E-state index < -0.39 is 0 Å². The quantitative estimate of drug-likeness (QED) is 0.850. The molecule has 0 radical (unpaired) electrons. The predicted molar refractivity (Wildman–Crippen MR) is 96.0 cm³/mol. The smallest absolute Gasteiger partial charge is 0.315 e. The van der Waals surface area contributed by atoms with Gasteiger partial charge in [0.05, 0.1) is 16.8 Å². The van der Waals surface area contributed by atoms with Gasteiger partial charge in [0.2, 0.25) is 0 Å². The van der Waals surface area contributed by atoms with Crippen LogP contribution in [0.2, 0.25) is 5.02 Å². The molecule has 4 nitrogen and oxygen atoms in total. The second kappa shape index (κ2) is 7.05. The maximum absolute atomic E-state index is 12.1. The van der Waals surface area contributed by atoms with Crippen LogP contribution in [0.4, 0.5) is 4.79 Å². The van der Waals surface area contributed by atoms with Crippen LogP contribution >= 0.6 is 22.9 Å². The Kier molecular flexibility index (Phi) is 5.07. The molecule has 0 aliphatic heterocycles. The van der Waals surface area contributed by atoms with Gasteiger partial charge in [0.1, 0.15) is 5.01 Å². The lowest BCUT2D eigenvalue weighted by Gasteiger charge is -2.31. The average Bonchev–Trinajstić information content (AvgIpc) is 2.86. The molecule has 3 rings (SSSR count). The Hall–Kier alpha value is -1.33. The van der Waals surface area contributed by atoms with Crippen LogP contribution in [0, 0.1) is 11.8 Å². The highest BCUT2D eigenvalue weighted by Crippen LogP contribution is 2.28. The molecule has 6 heteroatoms. The lowest BCUT2D eigenvalue weighted by Crippen LogP contribution is -2.44. The molecule has 1 aliphatic rings. The summed E-state index contributed by atoms with van der Waals surface area (Å²) < 4.78 is 1.08. The molecule has 0 bridgehead atoms. The highest BCUT2D eigenvalue weighted by Gasteiger charge is 2.24. The Morgan fingerprint density at radius 3 is 2.78 bits per heavy atom. The van der Waals surface area contributed by atoms with Crippen LogP contribution in [-0.4, -0.2) is 17.1 Å². The normalized spacial score (nSPS) is 24.6. The second-order valence-corrected chi connectivity index (χ2v) is 8.21. The first kappa shape index (κ1) is 16.5. The fourth-order valence-electron chi connectivity index (χ4n) is 3.48. The van der Waals surface area contributed by atoms with Gasteiger partial charge >= 0.3 is 6.03 Å². The topological polar surface area (TPSA) is 54.0 Å². The minimum atomic E-state index is -0.103. The van der Waals surface area contributed by atoms with Crippen LogP contribution in [0.5, 0.6) is 0 Å². The summed E-state index contributed by atoms with van der Waals surface area (Å²) in [6, 6.07) is 5.85. The van der Waals surface area contributed by atoms with E-state index in [4.69, 9.17) is 11.6 Å². The summed E-state index contributed by atoms with van der Waals surface area (Å²) in [5.74, 6) is 1.36. The third-order valence-corrected chi connectivity index (χ3v) is 5.58. The van der Waals surface area contributed by atoms with Gasteiger partial charge in [0, 0.05) is 11.1 Å². The van der Waals surface area contributed by atoms with E-state index in [9.17, 15) is 4.79 Å². The summed E-state index contributed by atoms with van der Waals surface area (Å²) >= 11 is 7.55. The molecule has 2 amide bonds. The molecule has 1 fully saturated rings. The number of hydrogen-bond donors (Lipinski definition) is 2.